The van der Waals surface area contributed by atoms with Gasteiger partial charge in [-0.2, -0.15) is 15.0 Å². The minimum atomic E-state index is 0.335. The van der Waals surface area contributed by atoms with Gasteiger partial charge in [-0.1, -0.05) is 24.3 Å². The van der Waals surface area contributed by atoms with E-state index in [2.05, 4.69) is 41.2 Å². The average molecular weight is 439 g/mol. The molecule has 142 valence electrons. The standard InChI is InChI=1S/C20H19BrN6O/c21-16-6-2-1-5-15(16)20-23-22-19(28-20)13-26-11-9-14(10-12-26)27-24-17-7-3-4-8-18(17)25-27/h1-8,14H,9-13H2. The van der Waals surface area contributed by atoms with Crippen molar-refractivity contribution >= 4 is 27.0 Å². The van der Waals surface area contributed by atoms with E-state index in [1.165, 1.54) is 0 Å². The molecule has 1 aliphatic rings. The van der Waals surface area contributed by atoms with E-state index in [1.807, 2.05) is 53.3 Å². The van der Waals surface area contributed by atoms with Crippen LogP contribution >= 0.6 is 15.9 Å². The van der Waals surface area contributed by atoms with Gasteiger partial charge in [-0.05, 0) is 53.0 Å². The number of nitrogens with zero attached hydrogens (tertiary/aromatic N) is 6. The normalized spacial score (nSPS) is 16.0. The highest BCUT2D eigenvalue weighted by atomic mass is 79.9. The molecule has 1 aliphatic heterocycles. The molecule has 0 bridgehead atoms. The summed E-state index contributed by atoms with van der Waals surface area (Å²) in [4.78, 5) is 4.23. The maximum Gasteiger partial charge on any atom is 0.248 e. The summed E-state index contributed by atoms with van der Waals surface area (Å²) in [7, 11) is 0. The molecule has 0 amide bonds. The summed E-state index contributed by atoms with van der Waals surface area (Å²) in [6, 6.07) is 16.2. The molecular weight excluding hydrogens is 420 g/mol. The van der Waals surface area contributed by atoms with Crippen LogP contribution in [0.2, 0.25) is 0 Å². The van der Waals surface area contributed by atoms with Gasteiger partial charge < -0.3 is 4.42 Å². The fourth-order valence-corrected chi connectivity index (χ4v) is 4.05. The number of likely N-dealkylation sites (tertiary alicyclic amines) is 1. The van der Waals surface area contributed by atoms with Crippen LogP contribution < -0.4 is 0 Å². The molecule has 28 heavy (non-hydrogen) atoms. The number of rotatable bonds is 4. The first-order valence-corrected chi connectivity index (χ1v) is 10.2. The molecule has 3 heterocycles. The number of piperidine rings is 1. The second-order valence-corrected chi connectivity index (χ2v) is 7.85. The van der Waals surface area contributed by atoms with Gasteiger partial charge >= 0.3 is 0 Å². The molecule has 0 unspecified atom stereocenters. The van der Waals surface area contributed by atoms with Crippen molar-refractivity contribution in [2.45, 2.75) is 25.4 Å². The van der Waals surface area contributed by atoms with Crippen LogP contribution in [0.3, 0.4) is 0 Å². The summed E-state index contributed by atoms with van der Waals surface area (Å²) in [6.07, 6.45) is 2.01. The van der Waals surface area contributed by atoms with Crippen molar-refractivity contribution in [2.75, 3.05) is 13.1 Å². The lowest BCUT2D eigenvalue weighted by Crippen LogP contribution is -2.34. The lowest BCUT2D eigenvalue weighted by molar-refractivity contribution is 0.154. The van der Waals surface area contributed by atoms with Crippen LogP contribution in [0.1, 0.15) is 24.8 Å². The fourth-order valence-electron chi connectivity index (χ4n) is 3.60. The molecule has 1 saturated heterocycles. The first-order valence-electron chi connectivity index (χ1n) is 9.37. The molecule has 0 N–H and O–H groups in total. The highest BCUT2D eigenvalue weighted by molar-refractivity contribution is 9.10. The van der Waals surface area contributed by atoms with Crippen molar-refractivity contribution < 1.29 is 4.42 Å². The third kappa shape index (κ3) is 3.45. The molecule has 7 nitrogen and oxygen atoms in total. The van der Waals surface area contributed by atoms with Crippen molar-refractivity contribution in [1.29, 1.82) is 0 Å². The van der Waals surface area contributed by atoms with E-state index in [0.717, 1.165) is 47.0 Å². The maximum absolute atomic E-state index is 5.88. The lowest BCUT2D eigenvalue weighted by Gasteiger charge is -2.30. The molecule has 0 aliphatic carbocycles. The van der Waals surface area contributed by atoms with Crippen LogP contribution in [0.5, 0.6) is 0 Å². The minimum Gasteiger partial charge on any atom is -0.419 e. The Bertz CT molecular complexity index is 1070. The van der Waals surface area contributed by atoms with Gasteiger partial charge in [0, 0.05) is 17.6 Å². The van der Waals surface area contributed by atoms with Crippen LogP contribution in [0, 0.1) is 0 Å². The number of hydrogen-bond acceptors (Lipinski definition) is 6. The predicted molar refractivity (Wildman–Crippen MR) is 109 cm³/mol. The van der Waals surface area contributed by atoms with E-state index in [0.29, 0.717) is 24.4 Å². The van der Waals surface area contributed by atoms with Crippen molar-refractivity contribution in [3.63, 3.8) is 0 Å². The minimum absolute atomic E-state index is 0.335. The molecule has 8 heteroatoms. The Balaban J connectivity index is 1.22. The van der Waals surface area contributed by atoms with E-state index in [4.69, 9.17) is 4.42 Å². The third-order valence-corrected chi connectivity index (χ3v) is 5.81. The van der Waals surface area contributed by atoms with Crippen LogP contribution in [0.15, 0.2) is 57.4 Å². The zero-order chi connectivity index (χ0) is 18.9. The van der Waals surface area contributed by atoms with Crippen LogP contribution in [-0.4, -0.2) is 43.2 Å². The van der Waals surface area contributed by atoms with E-state index in [-0.39, 0.29) is 0 Å². The van der Waals surface area contributed by atoms with Gasteiger partial charge in [0.05, 0.1) is 18.2 Å². The average Bonchev–Trinajstić information content (AvgIpc) is 3.36. The molecule has 2 aromatic heterocycles. The summed E-state index contributed by atoms with van der Waals surface area (Å²) in [6.45, 7) is 2.57. The quantitative estimate of drug-likeness (QED) is 0.477. The summed E-state index contributed by atoms with van der Waals surface area (Å²) in [5, 5.41) is 17.7. The largest absolute Gasteiger partial charge is 0.419 e. The molecule has 0 radical (unpaired) electrons. The van der Waals surface area contributed by atoms with Crippen molar-refractivity contribution in [2.24, 2.45) is 0 Å². The molecule has 0 atom stereocenters. The third-order valence-electron chi connectivity index (χ3n) is 5.12. The summed E-state index contributed by atoms with van der Waals surface area (Å²) >= 11 is 3.53. The number of fused-ring (bicyclic) bond motifs is 1. The van der Waals surface area contributed by atoms with Gasteiger partial charge in [0.15, 0.2) is 0 Å². The first kappa shape index (κ1) is 17.5. The predicted octanol–water partition coefficient (Wildman–Crippen LogP) is 4.08. The number of halogens is 1. The molecule has 0 saturated carbocycles. The Labute approximate surface area is 170 Å². The van der Waals surface area contributed by atoms with Crippen molar-refractivity contribution in [1.82, 2.24) is 30.1 Å². The molecule has 2 aromatic carbocycles. The number of hydrogen-bond donors (Lipinski definition) is 0. The Kier molecular flexibility index (Phi) is 4.66. The zero-order valence-corrected chi connectivity index (χ0v) is 16.8. The highest BCUT2D eigenvalue weighted by Crippen LogP contribution is 2.28. The van der Waals surface area contributed by atoms with Crippen LogP contribution in [0.25, 0.3) is 22.5 Å². The Morgan fingerprint density at radius 3 is 2.32 bits per heavy atom. The molecular formula is C20H19BrN6O. The first-order chi connectivity index (χ1) is 13.8. The van der Waals surface area contributed by atoms with Crippen LogP contribution in [-0.2, 0) is 6.54 Å². The zero-order valence-electron chi connectivity index (χ0n) is 15.2. The van der Waals surface area contributed by atoms with Gasteiger partial charge in [0.1, 0.15) is 11.0 Å². The Morgan fingerprint density at radius 2 is 1.61 bits per heavy atom. The Hall–Kier alpha value is -2.58. The van der Waals surface area contributed by atoms with Gasteiger partial charge in [-0.3, -0.25) is 4.90 Å². The van der Waals surface area contributed by atoms with Gasteiger partial charge in [0.2, 0.25) is 11.8 Å². The highest BCUT2D eigenvalue weighted by Gasteiger charge is 2.24. The summed E-state index contributed by atoms with van der Waals surface area (Å²) in [5.74, 6) is 1.19. The number of benzene rings is 2. The smallest absolute Gasteiger partial charge is 0.248 e. The van der Waals surface area contributed by atoms with E-state index in [9.17, 15) is 0 Å². The summed E-state index contributed by atoms with van der Waals surface area (Å²) < 4.78 is 6.83. The van der Waals surface area contributed by atoms with E-state index >= 15 is 0 Å². The number of aromatic nitrogens is 5. The second kappa shape index (κ2) is 7.44. The Morgan fingerprint density at radius 1 is 0.929 bits per heavy atom. The fraction of sp³-hybridized carbons (Fsp3) is 0.300. The van der Waals surface area contributed by atoms with Gasteiger partial charge in [-0.25, -0.2) is 0 Å². The molecule has 4 aromatic rings. The van der Waals surface area contributed by atoms with Crippen molar-refractivity contribution in [3.05, 3.63) is 58.9 Å². The topological polar surface area (TPSA) is 72.9 Å². The maximum atomic E-state index is 5.88. The van der Waals surface area contributed by atoms with Gasteiger partial charge in [0.25, 0.3) is 0 Å². The second-order valence-electron chi connectivity index (χ2n) is 7.00. The van der Waals surface area contributed by atoms with Gasteiger partial charge in [-0.15, -0.1) is 10.2 Å². The SMILES string of the molecule is Brc1ccccc1-c1nnc(CN2CCC(n3nc4ccccc4n3)CC2)o1. The molecule has 5 rings (SSSR count). The lowest BCUT2D eigenvalue weighted by atomic mass is 10.1. The monoisotopic (exact) mass is 438 g/mol. The van der Waals surface area contributed by atoms with Crippen LogP contribution in [0.4, 0.5) is 0 Å². The summed E-state index contributed by atoms with van der Waals surface area (Å²) in [5.41, 5.74) is 2.82. The van der Waals surface area contributed by atoms with Crippen molar-refractivity contribution in [3.8, 4) is 11.5 Å². The van der Waals surface area contributed by atoms with E-state index < -0.39 is 0 Å². The van der Waals surface area contributed by atoms with E-state index in [1.54, 1.807) is 0 Å². The molecule has 1 fully saturated rings. The molecule has 0 spiro atoms.